The van der Waals surface area contributed by atoms with Crippen molar-refractivity contribution in [2.45, 2.75) is 33.2 Å². The van der Waals surface area contributed by atoms with E-state index >= 15 is 0 Å². The van der Waals surface area contributed by atoms with E-state index in [1.165, 1.54) is 22.1 Å². The molecule has 6 heteroatoms. The lowest BCUT2D eigenvalue weighted by Crippen LogP contribution is -2.29. The summed E-state index contributed by atoms with van der Waals surface area (Å²) >= 11 is 1.52. The van der Waals surface area contributed by atoms with E-state index in [1.54, 1.807) is 6.92 Å². The lowest BCUT2D eigenvalue weighted by molar-refractivity contribution is 0.0523. The quantitative estimate of drug-likeness (QED) is 0.770. The minimum atomic E-state index is -0.590. The highest BCUT2D eigenvalue weighted by Crippen LogP contribution is 2.22. The van der Waals surface area contributed by atoms with Crippen molar-refractivity contribution in [1.82, 2.24) is 9.78 Å². The van der Waals surface area contributed by atoms with Crippen molar-refractivity contribution < 1.29 is 9.53 Å². The average Bonchev–Trinajstić information content (AvgIpc) is 3.00. The van der Waals surface area contributed by atoms with Gasteiger partial charge in [0, 0.05) is 6.54 Å². The number of rotatable bonds is 6. The van der Waals surface area contributed by atoms with Crippen molar-refractivity contribution in [2.75, 3.05) is 6.61 Å². The highest BCUT2D eigenvalue weighted by Gasteiger charge is 2.17. The van der Waals surface area contributed by atoms with Crippen molar-refractivity contribution in [3.63, 3.8) is 0 Å². The first-order valence-corrected chi connectivity index (χ1v) is 7.88. The summed E-state index contributed by atoms with van der Waals surface area (Å²) in [5, 5.41) is 6.30. The molecule has 112 valence electrons. The second-order valence-electron chi connectivity index (χ2n) is 4.52. The Balaban J connectivity index is 2.50. The summed E-state index contributed by atoms with van der Waals surface area (Å²) in [6, 6.07) is 5.35. The number of nitrogens with zero attached hydrogens (tertiary/aromatic N) is 2. The second kappa shape index (κ2) is 7.17. The fraction of sp³-hybridized carbons (Fsp3) is 0.400. The van der Waals surface area contributed by atoms with Crippen LogP contribution < -0.4 is 5.56 Å². The van der Waals surface area contributed by atoms with Gasteiger partial charge in [0.25, 0.3) is 5.56 Å². The minimum Gasteiger partial charge on any atom is -0.462 e. The molecule has 0 spiro atoms. The van der Waals surface area contributed by atoms with Crippen LogP contribution in [0.3, 0.4) is 0 Å². The molecule has 0 aliphatic heterocycles. The molecule has 0 radical (unpaired) electrons. The van der Waals surface area contributed by atoms with Crippen LogP contribution in [0.5, 0.6) is 0 Å². The number of carbonyl (C=O) groups is 1. The third kappa shape index (κ3) is 3.58. The van der Waals surface area contributed by atoms with Gasteiger partial charge in [-0.2, -0.15) is 5.10 Å². The molecule has 0 atom stereocenters. The van der Waals surface area contributed by atoms with Crippen LogP contribution in [0.2, 0.25) is 0 Å². The Labute approximate surface area is 127 Å². The first kappa shape index (κ1) is 15.4. The van der Waals surface area contributed by atoms with Crippen LogP contribution in [0.15, 0.2) is 28.4 Å². The molecule has 2 aromatic heterocycles. The summed E-state index contributed by atoms with van der Waals surface area (Å²) in [5.41, 5.74) is 0.289. The van der Waals surface area contributed by atoms with Gasteiger partial charge in [0.2, 0.25) is 0 Å². The molecule has 2 heterocycles. The molecule has 0 unspecified atom stereocenters. The number of aryl methyl sites for hydroxylation is 1. The number of carbonyl (C=O) groups excluding carboxylic acids is 1. The molecule has 0 aliphatic rings. The van der Waals surface area contributed by atoms with Gasteiger partial charge in [-0.05, 0) is 30.9 Å². The molecule has 0 bridgehead atoms. The number of esters is 1. The molecular weight excluding hydrogens is 288 g/mol. The Morgan fingerprint density at radius 2 is 2.24 bits per heavy atom. The van der Waals surface area contributed by atoms with E-state index < -0.39 is 5.97 Å². The van der Waals surface area contributed by atoms with Crippen LogP contribution in [0.25, 0.3) is 10.6 Å². The summed E-state index contributed by atoms with van der Waals surface area (Å²) in [6.45, 7) is 4.50. The number of aromatic nitrogens is 2. The van der Waals surface area contributed by atoms with Crippen LogP contribution in [-0.2, 0) is 11.3 Å². The van der Waals surface area contributed by atoms with Crippen LogP contribution in [0.1, 0.15) is 37.0 Å². The number of hydrogen-bond acceptors (Lipinski definition) is 5. The van der Waals surface area contributed by atoms with Crippen molar-refractivity contribution in [1.29, 1.82) is 0 Å². The highest BCUT2D eigenvalue weighted by atomic mass is 32.1. The Hall–Kier alpha value is -1.95. The number of hydrogen-bond donors (Lipinski definition) is 0. The standard InChI is InChI=1S/C15H18N2O3S/c1-3-5-8-17-14(18)11(15(19)20-4-2)10-12(16-17)13-7-6-9-21-13/h6-7,9-10H,3-5,8H2,1-2H3. The van der Waals surface area contributed by atoms with E-state index in [9.17, 15) is 9.59 Å². The zero-order chi connectivity index (χ0) is 15.2. The molecule has 21 heavy (non-hydrogen) atoms. The van der Waals surface area contributed by atoms with Gasteiger partial charge in [-0.1, -0.05) is 19.4 Å². The fourth-order valence-corrected chi connectivity index (χ4v) is 2.58. The predicted octanol–water partition coefficient (Wildman–Crippen LogP) is 2.95. The molecule has 0 N–H and O–H groups in total. The fourth-order valence-electron chi connectivity index (χ4n) is 1.90. The van der Waals surface area contributed by atoms with Gasteiger partial charge in [-0.3, -0.25) is 4.79 Å². The van der Waals surface area contributed by atoms with Gasteiger partial charge in [0.15, 0.2) is 0 Å². The Kier molecular flexibility index (Phi) is 5.27. The lowest BCUT2D eigenvalue weighted by atomic mass is 10.2. The number of thiophene rings is 1. The second-order valence-corrected chi connectivity index (χ2v) is 5.47. The number of unbranched alkanes of at least 4 members (excludes halogenated alkanes) is 1. The van der Waals surface area contributed by atoms with E-state index in [0.717, 1.165) is 17.7 Å². The molecule has 0 fully saturated rings. The highest BCUT2D eigenvalue weighted by molar-refractivity contribution is 7.13. The maximum atomic E-state index is 12.3. The molecule has 2 rings (SSSR count). The van der Waals surface area contributed by atoms with Crippen molar-refractivity contribution >= 4 is 17.3 Å². The maximum Gasteiger partial charge on any atom is 0.343 e. The normalized spacial score (nSPS) is 10.6. The molecule has 2 aromatic rings. The third-order valence-corrected chi connectivity index (χ3v) is 3.86. The summed E-state index contributed by atoms with van der Waals surface area (Å²) in [6.07, 6.45) is 1.79. The van der Waals surface area contributed by atoms with Crippen LogP contribution >= 0.6 is 11.3 Å². The summed E-state index contributed by atoms with van der Waals surface area (Å²) in [4.78, 5) is 25.2. The maximum absolute atomic E-state index is 12.3. The molecule has 0 saturated heterocycles. The average molecular weight is 306 g/mol. The first-order chi connectivity index (χ1) is 10.2. The summed E-state index contributed by atoms with van der Waals surface area (Å²) in [7, 11) is 0. The van der Waals surface area contributed by atoms with E-state index in [-0.39, 0.29) is 17.7 Å². The van der Waals surface area contributed by atoms with E-state index in [0.29, 0.717) is 12.2 Å². The van der Waals surface area contributed by atoms with Gasteiger partial charge < -0.3 is 4.74 Å². The predicted molar refractivity (Wildman–Crippen MR) is 82.7 cm³/mol. The largest absolute Gasteiger partial charge is 0.462 e. The molecule has 0 aromatic carbocycles. The lowest BCUT2D eigenvalue weighted by Gasteiger charge is -2.09. The molecule has 0 saturated carbocycles. The van der Waals surface area contributed by atoms with Crippen molar-refractivity contribution in [2.24, 2.45) is 0 Å². The Morgan fingerprint density at radius 1 is 1.43 bits per heavy atom. The van der Waals surface area contributed by atoms with Gasteiger partial charge in [-0.25, -0.2) is 9.48 Å². The monoisotopic (exact) mass is 306 g/mol. The van der Waals surface area contributed by atoms with Gasteiger partial charge in [-0.15, -0.1) is 11.3 Å². The smallest absolute Gasteiger partial charge is 0.343 e. The first-order valence-electron chi connectivity index (χ1n) is 7.00. The van der Waals surface area contributed by atoms with Gasteiger partial charge >= 0.3 is 5.97 Å². The minimum absolute atomic E-state index is 0.0475. The zero-order valence-electron chi connectivity index (χ0n) is 12.2. The van der Waals surface area contributed by atoms with Crippen molar-refractivity contribution in [3.05, 3.63) is 39.5 Å². The van der Waals surface area contributed by atoms with E-state index in [1.807, 2.05) is 24.4 Å². The topological polar surface area (TPSA) is 61.2 Å². The third-order valence-electron chi connectivity index (χ3n) is 2.97. The van der Waals surface area contributed by atoms with E-state index in [2.05, 4.69) is 5.10 Å². The molecular formula is C15H18N2O3S. The Bertz CT molecular complexity index is 662. The van der Waals surface area contributed by atoms with Crippen LogP contribution in [0, 0.1) is 0 Å². The molecule has 5 nitrogen and oxygen atoms in total. The van der Waals surface area contributed by atoms with Gasteiger partial charge in [0.05, 0.1) is 11.5 Å². The number of ether oxygens (including phenoxy) is 1. The molecule has 0 amide bonds. The van der Waals surface area contributed by atoms with E-state index in [4.69, 9.17) is 4.74 Å². The summed E-state index contributed by atoms with van der Waals surface area (Å²) in [5.74, 6) is -0.590. The van der Waals surface area contributed by atoms with Crippen LogP contribution in [-0.4, -0.2) is 22.4 Å². The van der Waals surface area contributed by atoms with Crippen molar-refractivity contribution in [3.8, 4) is 10.6 Å². The summed E-state index contributed by atoms with van der Waals surface area (Å²) < 4.78 is 6.33. The Morgan fingerprint density at radius 3 is 2.86 bits per heavy atom. The molecule has 0 aliphatic carbocycles. The van der Waals surface area contributed by atoms with Gasteiger partial charge in [0.1, 0.15) is 11.3 Å². The zero-order valence-corrected chi connectivity index (χ0v) is 13.0. The van der Waals surface area contributed by atoms with Crippen LogP contribution in [0.4, 0.5) is 0 Å². The SMILES string of the molecule is CCCCn1nc(-c2cccs2)cc(C(=O)OCC)c1=O.